The average molecular weight is 463 g/mol. The van der Waals surface area contributed by atoms with Crippen molar-refractivity contribution in [3.8, 4) is 5.69 Å². The molecule has 2 heterocycles. The molecule has 2 aromatic heterocycles. The summed E-state index contributed by atoms with van der Waals surface area (Å²) in [7, 11) is 1.65. The molecule has 31 heavy (non-hydrogen) atoms. The number of aromatic nitrogens is 3. The molecule has 1 aromatic carbocycles. The van der Waals surface area contributed by atoms with Crippen LogP contribution < -0.4 is 0 Å². The SMILES string of the molecule is Cc1c(F)cccc1-n1nc(CN(C)C(=O)OC(C)(C)C)cc1Sc1ccc(Cl)nc1. The van der Waals surface area contributed by atoms with E-state index in [1.54, 1.807) is 43.0 Å². The van der Waals surface area contributed by atoms with Gasteiger partial charge in [-0.2, -0.15) is 5.10 Å². The number of rotatable bonds is 5. The Hall–Kier alpha value is -2.58. The molecule has 0 bridgehead atoms. The highest BCUT2D eigenvalue weighted by molar-refractivity contribution is 7.99. The summed E-state index contributed by atoms with van der Waals surface area (Å²) in [6.07, 6.45) is 1.22. The molecule has 9 heteroatoms. The van der Waals surface area contributed by atoms with E-state index < -0.39 is 11.7 Å². The Morgan fingerprint density at radius 3 is 2.68 bits per heavy atom. The predicted molar refractivity (Wildman–Crippen MR) is 119 cm³/mol. The van der Waals surface area contributed by atoms with Gasteiger partial charge in [-0.1, -0.05) is 29.4 Å². The first-order chi connectivity index (χ1) is 14.5. The maximum atomic E-state index is 14.2. The van der Waals surface area contributed by atoms with Gasteiger partial charge >= 0.3 is 6.09 Å². The van der Waals surface area contributed by atoms with Crippen molar-refractivity contribution in [2.75, 3.05) is 7.05 Å². The number of amides is 1. The number of benzene rings is 1. The smallest absolute Gasteiger partial charge is 0.410 e. The van der Waals surface area contributed by atoms with E-state index in [4.69, 9.17) is 16.3 Å². The topological polar surface area (TPSA) is 60.2 Å². The zero-order chi connectivity index (χ0) is 22.8. The van der Waals surface area contributed by atoms with Crippen molar-refractivity contribution in [2.24, 2.45) is 0 Å². The third kappa shape index (κ3) is 5.98. The van der Waals surface area contributed by atoms with Gasteiger partial charge in [0.25, 0.3) is 0 Å². The van der Waals surface area contributed by atoms with Gasteiger partial charge in [0.15, 0.2) is 0 Å². The van der Waals surface area contributed by atoms with Gasteiger partial charge in [0.05, 0.1) is 17.9 Å². The molecule has 0 unspecified atom stereocenters. The van der Waals surface area contributed by atoms with Crippen molar-refractivity contribution in [3.63, 3.8) is 0 Å². The quantitative estimate of drug-likeness (QED) is 0.442. The summed E-state index contributed by atoms with van der Waals surface area (Å²) in [6, 6.07) is 10.3. The van der Waals surface area contributed by atoms with Gasteiger partial charge in [-0.3, -0.25) is 0 Å². The van der Waals surface area contributed by atoms with E-state index >= 15 is 0 Å². The minimum absolute atomic E-state index is 0.239. The van der Waals surface area contributed by atoms with Crippen LogP contribution in [0, 0.1) is 12.7 Å². The van der Waals surface area contributed by atoms with Crippen LogP contribution in [0.1, 0.15) is 32.0 Å². The molecule has 0 radical (unpaired) electrons. The molecule has 0 saturated heterocycles. The highest BCUT2D eigenvalue weighted by Gasteiger charge is 2.22. The van der Waals surface area contributed by atoms with Crippen molar-refractivity contribution in [2.45, 2.75) is 49.8 Å². The van der Waals surface area contributed by atoms with Crippen LogP contribution in [0.25, 0.3) is 5.69 Å². The Morgan fingerprint density at radius 1 is 1.29 bits per heavy atom. The largest absolute Gasteiger partial charge is 0.444 e. The van der Waals surface area contributed by atoms with Crippen LogP contribution in [0.3, 0.4) is 0 Å². The summed E-state index contributed by atoms with van der Waals surface area (Å²) in [5, 5.41) is 5.80. The van der Waals surface area contributed by atoms with Crippen LogP contribution in [-0.4, -0.2) is 38.4 Å². The van der Waals surface area contributed by atoms with Gasteiger partial charge in [-0.25, -0.2) is 18.9 Å². The second-order valence-corrected chi connectivity index (χ2v) is 9.51. The summed E-state index contributed by atoms with van der Waals surface area (Å²) in [5.74, 6) is -0.315. The van der Waals surface area contributed by atoms with E-state index in [9.17, 15) is 9.18 Å². The lowest BCUT2D eigenvalue weighted by molar-refractivity contribution is 0.0283. The molecular weight excluding hydrogens is 439 g/mol. The van der Waals surface area contributed by atoms with E-state index in [-0.39, 0.29) is 12.4 Å². The van der Waals surface area contributed by atoms with Gasteiger partial charge < -0.3 is 9.64 Å². The fraction of sp³-hybridized carbons (Fsp3) is 0.318. The molecule has 0 N–H and O–H groups in total. The lowest BCUT2D eigenvalue weighted by atomic mass is 10.2. The molecule has 6 nitrogen and oxygen atoms in total. The number of nitrogens with zero attached hydrogens (tertiary/aromatic N) is 4. The normalized spacial score (nSPS) is 11.5. The van der Waals surface area contributed by atoms with Gasteiger partial charge in [-0.15, -0.1) is 0 Å². The van der Waals surface area contributed by atoms with Crippen molar-refractivity contribution in [1.82, 2.24) is 19.7 Å². The van der Waals surface area contributed by atoms with Crippen LogP contribution in [0.4, 0.5) is 9.18 Å². The molecule has 0 fully saturated rings. The second-order valence-electron chi connectivity index (χ2n) is 8.02. The number of carbonyl (C=O) groups excluding carboxylic acids is 1. The fourth-order valence-corrected chi connectivity index (χ4v) is 3.76. The number of hydrogen-bond acceptors (Lipinski definition) is 5. The Kier molecular flexibility index (Phi) is 6.91. The highest BCUT2D eigenvalue weighted by Crippen LogP contribution is 2.32. The molecular formula is C22H24ClFN4O2S. The molecule has 1 amide bonds. The Morgan fingerprint density at radius 2 is 2.03 bits per heavy atom. The summed E-state index contributed by atoms with van der Waals surface area (Å²) >= 11 is 7.31. The Labute approximate surface area is 190 Å². The molecule has 0 aliphatic carbocycles. The van der Waals surface area contributed by atoms with Gasteiger partial charge in [0, 0.05) is 23.7 Å². The average Bonchev–Trinajstić information content (AvgIpc) is 3.06. The van der Waals surface area contributed by atoms with Crippen molar-refractivity contribution in [3.05, 3.63) is 64.8 Å². The lowest BCUT2D eigenvalue weighted by Crippen LogP contribution is -2.33. The lowest BCUT2D eigenvalue weighted by Gasteiger charge is -2.24. The first-order valence-electron chi connectivity index (χ1n) is 9.61. The number of hydrogen-bond donors (Lipinski definition) is 0. The number of ether oxygens (including phenoxy) is 1. The molecule has 0 atom stereocenters. The van der Waals surface area contributed by atoms with E-state index in [0.29, 0.717) is 22.1 Å². The number of carbonyl (C=O) groups is 1. The third-order valence-electron chi connectivity index (χ3n) is 4.22. The summed E-state index contributed by atoms with van der Waals surface area (Å²) in [4.78, 5) is 18.8. The van der Waals surface area contributed by atoms with E-state index in [1.165, 1.54) is 22.7 Å². The van der Waals surface area contributed by atoms with Gasteiger partial charge in [0.1, 0.15) is 21.6 Å². The number of pyridine rings is 1. The van der Waals surface area contributed by atoms with Gasteiger partial charge in [0.2, 0.25) is 0 Å². The monoisotopic (exact) mass is 462 g/mol. The van der Waals surface area contributed by atoms with Crippen LogP contribution in [-0.2, 0) is 11.3 Å². The zero-order valence-electron chi connectivity index (χ0n) is 18.0. The van der Waals surface area contributed by atoms with E-state index in [2.05, 4.69) is 10.1 Å². The molecule has 0 saturated carbocycles. The summed E-state index contributed by atoms with van der Waals surface area (Å²) in [5.41, 5.74) is 1.15. The predicted octanol–water partition coefficient (Wildman–Crippen LogP) is 5.89. The zero-order valence-corrected chi connectivity index (χ0v) is 19.6. The van der Waals surface area contributed by atoms with Crippen LogP contribution in [0.2, 0.25) is 5.15 Å². The Bertz CT molecular complexity index is 1080. The summed E-state index contributed by atoms with van der Waals surface area (Å²) in [6.45, 7) is 7.39. The van der Waals surface area contributed by atoms with Crippen molar-refractivity contribution < 1.29 is 13.9 Å². The highest BCUT2D eigenvalue weighted by atomic mass is 35.5. The van der Waals surface area contributed by atoms with Crippen LogP contribution in [0.15, 0.2) is 52.5 Å². The minimum atomic E-state index is -0.591. The van der Waals surface area contributed by atoms with Crippen molar-refractivity contribution >= 4 is 29.5 Å². The van der Waals surface area contributed by atoms with E-state index in [1.807, 2.05) is 32.9 Å². The maximum absolute atomic E-state index is 14.2. The first-order valence-corrected chi connectivity index (χ1v) is 10.8. The molecule has 164 valence electrons. The molecule has 3 rings (SSSR count). The fourth-order valence-electron chi connectivity index (χ4n) is 2.75. The van der Waals surface area contributed by atoms with Gasteiger partial charge in [-0.05, 0) is 58.0 Å². The molecule has 0 spiro atoms. The third-order valence-corrected chi connectivity index (χ3v) is 5.42. The standard InChI is InChI=1S/C22H24ClFN4O2S/c1-14-17(24)7-6-8-18(14)28-20(31-16-9-10-19(23)25-12-16)11-15(26-28)13-27(5)21(29)30-22(2,3)4/h6-12H,13H2,1-5H3. The van der Waals surface area contributed by atoms with Crippen LogP contribution in [0.5, 0.6) is 0 Å². The summed E-state index contributed by atoms with van der Waals surface area (Å²) < 4.78 is 21.3. The Balaban J connectivity index is 1.94. The first kappa shape index (κ1) is 23.1. The maximum Gasteiger partial charge on any atom is 0.410 e. The molecule has 0 aliphatic rings. The van der Waals surface area contributed by atoms with E-state index in [0.717, 1.165) is 9.92 Å². The minimum Gasteiger partial charge on any atom is -0.444 e. The molecule has 0 aliphatic heterocycles. The van der Waals surface area contributed by atoms with Crippen LogP contribution >= 0.6 is 23.4 Å². The number of halogens is 2. The second kappa shape index (κ2) is 9.28. The molecule has 3 aromatic rings. The van der Waals surface area contributed by atoms with Crippen molar-refractivity contribution in [1.29, 1.82) is 0 Å².